The molecule has 0 spiro atoms. The van der Waals surface area contributed by atoms with Gasteiger partial charge in [0.25, 0.3) is 5.91 Å². The van der Waals surface area contributed by atoms with E-state index in [9.17, 15) is 4.79 Å². The van der Waals surface area contributed by atoms with Crippen LogP contribution < -0.4 is 10.2 Å². The summed E-state index contributed by atoms with van der Waals surface area (Å²) in [5.74, 6) is 1.79. The van der Waals surface area contributed by atoms with Gasteiger partial charge in [-0.05, 0) is 43.2 Å². The van der Waals surface area contributed by atoms with Crippen LogP contribution in [0.25, 0.3) is 11.4 Å². The molecule has 1 aliphatic heterocycles. The maximum Gasteiger partial charge on any atom is 0.255 e. The van der Waals surface area contributed by atoms with Crippen molar-refractivity contribution in [1.82, 2.24) is 14.8 Å². The van der Waals surface area contributed by atoms with Crippen molar-refractivity contribution >= 4 is 17.3 Å². The SMILES string of the molecule is CN(C)c1cccc(C(=O)Nc2cccc(-c3nnc4n3CCCC4)c2)c1. The number of anilines is 2. The molecule has 0 fully saturated rings. The molecule has 0 saturated carbocycles. The maximum absolute atomic E-state index is 12.7. The van der Waals surface area contributed by atoms with Gasteiger partial charge in [0.15, 0.2) is 5.82 Å². The van der Waals surface area contributed by atoms with Gasteiger partial charge in [-0.15, -0.1) is 10.2 Å². The molecule has 1 N–H and O–H groups in total. The van der Waals surface area contributed by atoms with Gasteiger partial charge in [-0.25, -0.2) is 0 Å². The van der Waals surface area contributed by atoms with Crippen molar-refractivity contribution < 1.29 is 4.79 Å². The van der Waals surface area contributed by atoms with E-state index in [0.29, 0.717) is 5.56 Å². The first kappa shape index (κ1) is 17.3. The lowest BCUT2D eigenvalue weighted by molar-refractivity contribution is 0.102. The van der Waals surface area contributed by atoms with Crippen LogP contribution in [0.3, 0.4) is 0 Å². The first-order valence-corrected chi connectivity index (χ1v) is 9.23. The molecule has 0 saturated heterocycles. The largest absolute Gasteiger partial charge is 0.378 e. The third kappa shape index (κ3) is 3.56. The summed E-state index contributed by atoms with van der Waals surface area (Å²) in [6.07, 6.45) is 3.29. The second-order valence-corrected chi connectivity index (χ2v) is 7.03. The number of carbonyl (C=O) groups excluding carboxylic acids is 1. The van der Waals surface area contributed by atoms with Gasteiger partial charge in [-0.2, -0.15) is 0 Å². The second-order valence-electron chi connectivity index (χ2n) is 7.03. The minimum atomic E-state index is -0.126. The van der Waals surface area contributed by atoms with Crippen LogP contribution in [0.2, 0.25) is 0 Å². The van der Waals surface area contributed by atoms with Crippen LogP contribution in [-0.4, -0.2) is 34.8 Å². The number of fused-ring (bicyclic) bond motifs is 1. The van der Waals surface area contributed by atoms with Crippen LogP contribution in [0.4, 0.5) is 11.4 Å². The molecule has 1 aromatic heterocycles. The van der Waals surface area contributed by atoms with Crippen molar-refractivity contribution in [1.29, 1.82) is 0 Å². The monoisotopic (exact) mass is 361 g/mol. The Hall–Kier alpha value is -3.15. The van der Waals surface area contributed by atoms with Crippen LogP contribution in [0.5, 0.6) is 0 Å². The third-order valence-corrected chi connectivity index (χ3v) is 4.86. The van der Waals surface area contributed by atoms with Gasteiger partial charge in [0.2, 0.25) is 0 Å². The molecule has 0 aliphatic carbocycles. The molecule has 1 aliphatic rings. The van der Waals surface area contributed by atoms with E-state index in [1.165, 1.54) is 6.42 Å². The van der Waals surface area contributed by atoms with Crippen LogP contribution in [-0.2, 0) is 13.0 Å². The molecule has 0 unspecified atom stereocenters. The van der Waals surface area contributed by atoms with Crippen LogP contribution in [0, 0.1) is 0 Å². The van der Waals surface area contributed by atoms with E-state index in [0.717, 1.165) is 48.0 Å². The summed E-state index contributed by atoms with van der Waals surface area (Å²) in [5, 5.41) is 11.7. The molecule has 0 bridgehead atoms. The highest BCUT2D eigenvalue weighted by molar-refractivity contribution is 6.05. The number of aryl methyl sites for hydroxylation is 1. The summed E-state index contributed by atoms with van der Waals surface area (Å²) < 4.78 is 2.19. The second kappa shape index (κ2) is 7.23. The number of benzene rings is 2. The van der Waals surface area contributed by atoms with Crippen LogP contribution >= 0.6 is 0 Å². The van der Waals surface area contributed by atoms with Crippen LogP contribution in [0.1, 0.15) is 29.0 Å². The molecule has 138 valence electrons. The number of nitrogens with one attached hydrogen (secondary N) is 1. The Kier molecular flexibility index (Phi) is 4.62. The third-order valence-electron chi connectivity index (χ3n) is 4.86. The maximum atomic E-state index is 12.7. The van der Waals surface area contributed by atoms with Crippen molar-refractivity contribution in [3.05, 3.63) is 59.9 Å². The van der Waals surface area contributed by atoms with Gasteiger partial charge in [0, 0.05) is 49.6 Å². The summed E-state index contributed by atoms with van der Waals surface area (Å²) in [4.78, 5) is 14.6. The van der Waals surface area contributed by atoms with Crippen molar-refractivity contribution in [2.24, 2.45) is 0 Å². The van der Waals surface area contributed by atoms with Gasteiger partial charge in [-0.1, -0.05) is 18.2 Å². The average Bonchev–Trinajstić information content (AvgIpc) is 3.12. The number of amides is 1. The number of carbonyl (C=O) groups is 1. The first-order chi connectivity index (χ1) is 13.1. The number of hydrogen-bond donors (Lipinski definition) is 1. The Morgan fingerprint density at radius 3 is 2.78 bits per heavy atom. The molecule has 6 nitrogen and oxygen atoms in total. The Bertz CT molecular complexity index is 976. The predicted octanol–water partition coefficient (Wildman–Crippen LogP) is 3.60. The quantitative estimate of drug-likeness (QED) is 0.771. The van der Waals surface area contributed by atoms with E-state index in [4.69, 9.17) is 0 Å². The van der Waals surface area contributed by atoms with Gasteiger partial charge in [0.1, 0.15) is 5.82 Å². The molecule has 2 heterocycles. The molecule has 0 radical (unpaired) electrons. The minimum Gasteiger partial charge on any atom is -0.378 e. The summed E-state index contributed by atoms with van der Waals surface area (Å²) in [6, 6.07) is 15.4. The lowest BCUT2D eigenvalue weighted by atomic mass is 10.1. The van der Waals surface area contributed by atoms with Crippen LogP contribution in [0.15, 0.2) is 48.5 Å². The summed E-state index contributed by atoms with van der Waals surface area (Å²) in [5.41, 5.74) is 3.34. The van der Waals surface area contributed by atoms with E-state index in [1.807, 2.05) is 67.5 Å². The molecule has 0 atom stereocenters. The molecular formula is C21H23N5O. The number of hydrogen-bond acceptors (Lipinski definition) is 4. The highest BCUT2D eigenvalue weighted by Gasteiger charge is 2.17. The van der Waals surface area contributed by atoms with E-state index >= 15 is 0 Å². The zero-order valence-electron chi connectivity index (χ0n) is 15.6. The predicted molar refractivity (Wildman–Crippen MR) is 107 cm³/mol. The molecule has 6 heteroatoms. The van der Waals surface area contributed by atoms with E-state index in [1.54, 1.807) is 0 Å². The molecule has 1 amide bonds. The Balaban J connectivity index is 1.57. The van der Waals surface area contributed by atoms with Gasteiger partial charge in [0.05, 0.1) is 0 Å². The standard InChI is InChI=1S/C21H23N5O/c1-25(2)18-10-6-8-16(14-18)21(27)22-17-9-5-7-15(13-17)20-24-23-19-11-3-4-12-26(19)20/h5-10,13-14H,3-4,11-12H2,1-2H3,(H,22,27). The van der Waals surface area contributed by atoms with Gasteiger partial charge < -0.3 is 14.8 Å². The summed E-state index contributed by atoms with van der Waals surface area (Å²) in [7, 11) is 3.92. The number of nitrogens with zero attached hydrogens (tertiary/aromatic N) is 4. The fourth-order valence-corrected chi connectivity index (χ4v) is 3.39. The van der Waals surface area contributed by atoms with E-state index in [2.05, 4.69) is 20.1 Å². The highest BCUT2D eigenvalue weighted by Crippen LogP contribution is 2.25. The summed E-state index contributed by atoms with van der Waals surface area (Å²) >= 11 is 0. The smallest absolute Gasteiger partial charge is 0.255 e. The van der Waals surface area contributed by atoms with Crippen molar-refractivity contribution in [3.63, 3.8) is 0 Å². The zero-order chi connectivity index (χ0) is 18.8. The minimum absolute atomic E-state index is 0.126. The number of aromatic nitrogens is 3. The molecule has 4 rings (SSSR count). The first-order valence-electron chi connectivity index (χ1n) is 9.23. The lowest BCUT2D eigenvalue weighted by Gasteiger charge is -2.15. The fraction of sp³-hybridized carbons (Fsp3) is 0.286. The summed E-state index contributed by atoms with van der Waals surface area (Å²) in [6.45, 7) is 0.950. The average molecular weight is 361 g/mol. The molecule has 2 aromatic carbocycles. The zero-order valence-corrected chi connectivity index (χ0v) is 15.6. The van der Waals surface area contributed by atoms with Gasteiger partial charge >= 0.3 is 0 Å². The lowest BCUT2D eigenvalue weighted by Crippen LogP contribution is -2.14. The molecule has 27 heavy (non-hydrogen) atoms. The molecular weight excluding hydrogens is 338 g/mol. The van der Waals surface area contributed by atoms with E-state index in [-0.39, 0.29) is 5.91 Å². The Morgan fingerprint density at radius 1 is 1.07 bits per heavy atom. The fourth-order valence-electron chi connectivity index (χ4n) is 3.39. The van der Waals surface area contributed by atoms with E-state index < -0.39 is 0 Å². The number of rotatable bonds is 4. The topological polar surface area (TPSA) is 63.1 Å². The highest BCUT2D eigenvalue weighted by atomic mass is 16.1. The Morgan fingerprint density at radius 2 is 1.93 bits per heavy atom. The van der Waals surface area contributed by atoms with Crippen molar-refractivity contribution in [3.8, 4) is 11.4 Å². The Labute approximate surface area is 158 Å². The normalized spacial score (nSPS) is 13.1. The van der Waals surface area contributed by atoms with Gasteiger partial charge in [-0.3, -0.25) is 4.79 Å². The molecule has 3 aromatic rings. The van der Waals surface area contributed by atoms with Crippen molar-refractivity contribution in [2.45, 2.75) is 25.8 Å². The van der Waals surface area contributed by atoms with Crippen molar-refractivity contribution in [2.75, 3.05) is 24.3 Å².